The summed E-state index contributed by atoms with van der Waals surface area (Å²) in [6, 6.07) is 9.08. The zero-order valence-corrected chi connectivity index (χ0v) is 14.2. The summed E-state index contributed by atoms with van der Waals surface area (Å²) < 4.78 is 0. The number of benzene rings is 1. The van der Waals surface area contributed by atoms with Crippen LogP contribution in [-0.2, 0) is 6.42 Å². The number of rotatable bonds is 2. The number of aromatic nitrogens is 2. The topological polar surface area (TPSA) is 46.1 Å². The van der Waals surface area contributed by atoms with Crippen molar-refractivity contribution in [2.45, 2.75) is 51.0 Å². The summed E-state index contributed by atoms with van der Waals surface area (Å²) >= 11 is 1.40. The molecule has 0 bridgehead atoms. The summed E-state index contributed by atoms with van der Waals surface area (Å²) in [6.45, 7) is 2.74. The molecule has 0 spiro atoms. The summed E-state index contributed by atoms with van der Waals surface area (Å²) in [5, 5.41) is 9.46. The van der Waals surface area contributed by atoms with E-state index in [-0.39, 0.29) is 5.91 Å². The summed E-state index contributed by atoms with van der Waals surface area (Å²) in [5.74, 6) is 0.543. The maximum absolute atomic E-state index is 12.9. The third-order valence-corrected chi connectivity index (χ3v) is 5.98. The van der Waals surface area contributed by atoms with Crippen LogP contribution in [0.3, 0.4) is 0 Å². The van der Waals surface area contributed by atoms with Gasteiger partial charge in [-0.25, -0.2) is 0 Å². The van der Waals surface area contributed by atoms with E-state index in [4.69, 9.17) is 0 Å². The van der Waals surface area contributed by atoms with Gasteiger partial charge in [-0.3, -0.25) is 4.79 Å². The highest BCUT2D eigenvalue weighted by atomic mass is 32.1. The van der Waals surface area contributed by atoms with E-state index in [1.807, 2.05) is 6.92 Å². The van der Waals surface area contributed by atoms with E-state index >= 15 is 0 Å². The van der Waals surface area contributed by atoms with E-state index in [0.717, 1.165) is 24.4 Å². The van der Waals surface area contributed by atoms with Crippen molar-refractivity contribution < 1.29 is 4.79 Å². The van der Waals surface area contributed by atoms with Gasteiger partial charge in [-0.1, -0.05) is 35.6 Å². The second kappa shape index (κ2) is 6.04. The third kappa shape index (κ3) is 2.67. The van der Waals surface area contributed by atoms with Gasteiger partial charge in [0.05, 0.1) is 0 Å². The molecule has 0 unspecified atom stereocenters. The van der Waals surface area contributed by atoms with Gasteiger partial charge < -0.3 is 4.90 Å². The van der Waals surface area contributed by atoms with Gasteiger partial charge in [0.15, 0.2) is 0 Å². The summed E-state index contributed by atoms with van der Waals surface area (Å²) in [5.41, 5.74) is 2.92. The Morgan fingerprint density at radius 2 is 2.09 bits per heavy atom. The van der Waals surface area contributed by atoms with Crippen LogP contribution >= 0.6 is 11.3 Å². The van der Waals surface area contributed by atoms with Gasteiger partial charge in [0.25, 0.3) is 5.91 Å². The van der Waals surface area contributed by atoms with Crippen molar-refractivity contribution in [3.05, 3.63) is 45.4 Å². The minimum absolute atomic E-state index is 0.0705. The van der Waals surface area contributed by atoms with Crippen LogP contribution in [0, 0.1) is 6.92 Å². The lowest BCUT2D eigenvalue weighted by Gasteiger charge is -2.35. The summed E-state index contributed by atoms with van der Waals surface area (Å²) in [4.78, 5) is 14.9. The minimum atomic E-state index is 0.0705. The number of aryl methyl sites for hydroxylation is 2. The molecule has 0 saturated carbocycles. The highest BCUT2D eigenvalue weighted by Crippen LogP contribution is 2.40. The molecular weight excluding hydrogens is 306 g/mol. The molecule has 4 nitrogen and oxygen atoms in total. The quantitative estimate of drug-likeness (QED) is 0.847. The van der Waals surface area contributed by atoms with Crippen LogP contribution in [0.4, 0.5) is 0 Å². The van der Waals surface area contributed by atoms with Gasteiger partial charge in [-0.15, -0.1) is 10.2 Å². The molecule has 2 aromatic rings. The molecule has 2 heterocycles. The number of hydrogen-bond donors (Lipinski definition) is 0. The fourth-order valence-corrected chi connectivity index (χ4v) is 4.81. The molecule has 5 heteroatoms. The van der Waals surface area contributed by atoms with Crippen molar-refractivity contribution in [1.29, 1.82) is 0 Å². The van der Waals surface area contributed by atoms with Crippen molar-refractivity contribution in [2.24, 2.45) is 0 Å². The Morgan fingerprint density at radius 1 is 1.22 bits per heavy atom. The highest BCUT2D eigenvalue weighted by Gasteiger charge is 2.38. The number of amides is 1. The molecule has 1 aliphatic carbocycles. The second-order valence-corrected chi connectivity index (χ2v) is 7.71. The fraction of sp³-hybridized carbons (Fsp3) is 0.500. The van der Waals surface area contributed by atoms with Gasteiger partial charge in [-0.2, -0.15) is 0 Å². The fourth-order valence-electron chi connectivity index (χ4n) is 4.16. The van der Waals surface area contributed by atoms with Gasteiger partial charge in [0.1, 0.15) is 5.01 Å². The third-order valence-electron chi connectivity index (χ3n) is 5.15. The first-order valence-corrected chi connectivity index (χ1v) is 9.24. The molecule has 2 aliphatic rings. The standard InChI is InChI=1S/C18H21N3OS/c1-12-19-20-17(23-12)18(22)21-11-5-10-16(21)15-9-4-7-13-6-2-3-8-14(13)15/h2-3,6,8,15-16H,4-5,7,9-11H2,1H3/t15-,16-/m0/s1. The Hall–Kier alpha value is -1.75. The van der Waals surface area contributed by atoms with Crippen molar-refractivity contribution in [1.82, 2.24) is 15.1 Å². The Morgan fingerprint density at radius 3 is 2.91 bits per heavy atom. The van der Waals surface area contributed by atoms with E-state index in [1.54, 1.807) is 0 Å². The van der Waals surface area contributed by atoms with Gasteiger partial charge in [0.2, 0.25) is 5.01 Å². The number of hydrogen-bond acceptors (Lipinski definition) is 4. The Kier molecular flexibility index (Phi) is 3.89. The Bertz CT molecular complexity index is 727. The molecule has 1 fully saturated rings. The number of carbonyl (C=O) groups is 1. The van der Waals surface area contributed by atoms with Gasteiger partial charge in [-0.05, 0) is 50.2 Å². The highest BCUT2D eigenvalue weighted by molar-refractivity contribution is 7.13. The Balaban J connectivity index is 1.63. The largest absolute Gasteiger partial charge is 0.333 e. The zero-order valence-electron chi connectivity index (χ0n) is 13.4. The Labute approximate surface area is 140 Å². The molecule has 4 rings (SSSR count). The van der Waals surface area contributed by atoms with Crippen LogP contribution in [0.15, 0.2) is 24.3 Å². The van der Waals surface area contributed by atoms with Crippen LogP contribution < -0.4 is 0 Å². The number of carbonyl (C=O) groups excluding carboxylic acids is 1. The first-order chi connectivity index (χ1) is 11.2. The molecule has 23 heavy (non-hydrogen) atoms. The maximum Gasteiger partial charge on any atom is 0.285 e. The molecule has 120 valence electrons. The first kappa shape index (κ1) is 14.8. The lowest BCUT2D eigenvalue weighted by molar-refractivity contribution is 0.0709. The van der Waals surface area contributed by atoms with Crippen molar-refractivity contribution >= 4 is 17.2 Å². The lowest BCUT2D eigenvalue weighted by atomic mass is 9.78. The average Bonchev–Trinajstić information content (AvgIpc) is 3.22. The average molecular weight is 327 g/mol. The second-order valence-electron chi connectivity index (χ2n) is 6.53. The number of fused-ring (bicyclic) bond motifs is 1. The molecule has 0 N–H and O–H groups in total. The van der Waals surface area contributed by atoms with Crippen LogP contribution in [0.2, 0.25) is 0 Å². The van der Waals surface area contributed by atoms with Crippen molar-refractivity contribution in [2.75, 3.05) is 6.54 Å². The van der Waals surface area contributed by atoms with Gasteiger partial charge in [0, 0.05) is 18.5 Å². The molecule has 2 atom stereocenters. The zero-order chi connectivity index (χ0) is 15.8. The van der Waals surface area contributed by atoms with Crippen LogP contribution in [0.1, 0.15) is 57.5 Å². The van der Waals surface area contributed by atoms with Crippen LogP contribution in [0.5, 0.6) is 0 Å². The predicted molar refractivity (Wildman–Crippen MR) is 90.8 cm³/mol. The normalized spacial score (nSPS) is 23.8. The van der Waals surface area contributed by atoms with Crippen LogP contribution in [-0.4, -0.2) is 33.6 Å². The predicted octanol–water partition coefficient (Wildman–Crippen LogP) is 3.57. The molecular formula is C18H21N3OS. The molecule has 1 amide bonds. The summed E-state index contributed by atoms with van der Waals surface area (Å²) in [6.07, 6.45) is 5.76. The first-order valence-electron chi connectivity index (χ1n) is 8.43. The summed E-state index contributed by atoms with van der Waals surface area (Å²) in [7, 11) is 0. The number of likely N-dealkylation sites (tertiary alicyclic amines) is 1. The minimum Gasteiger partial charge on any atom is -0.333 e. The SMILES string of the molecule is Cc1nnc(C(=O)N2CCC[C@H]2[C@H]2CCCc3ccccc32)s1. The van der Waals surface area contributed by atoms with E-state index in [9.17, 15) is 4.79 Å². The molecule has 1 aromatic heterocycles. The lowest BCUT2D eigenvalue weighted by Crippen LogP contribution is -2.40. The maximum atomic E-state index is 12.9. The monoisotopic (exact) mass is 327 g/mol. The van der Waals surface area contributed by atoms with Gasteiger partial charge >= 0.3 is 0 Å². The van der Waals surface area contributed by atoms with E-state index in [2.05, 4.69) is 39.4 Å². The van der Waals surface area contributed by atoms with Crippen molar-refractivity contribution in [3.63, 3.8) is 0 Å². The molecule has 1 saturated heterocycles. The van der Waals surface area contributed by atoms with E-state index < -0.39 is 0 Å². The molecule has 0 radical (unpaired) electrons. The van der Waals surface area contributed by atoms with E-state index in [1.165, 1.54) is 41.7 Å². The smallest absolute Gasteiger partial charge is 0.285 e. The van der Waals surface area contributed by atoms with E-state index in [0.29, 0.717) is 17.0 Å². The number of nitrogens with zero attached hydrogens (tertiary/aromatic N) is 3. The van der Waals surface area contributed by atoms with Crippen molar-refractivity contribution in [3.8, 4) is 0 Å². The molecule has 1 aliphatic heterocycles. The molecule has 1 aromatic carbocycles. The van der Waals surface area contributed by atoms with Crippen LogP contribution in [0.25, 0.3) is 0 Å².